The molecule has 0 saturated heterocycles. The smallest absolute Gasteiger partial charge is 0.318 e. The fourth-order valence-electron chi connectivity index (χ4n) is 3.31. The van der Waals surface area contributed by atoms with Crippen LogP contribution in [0.25, 0.3) is 10.2 Å². The van der Waals surface area contributed by atoms with Crippen molar-refractivity contribution in [1.82, 2.24) is 14.9 Å². The van der Waals surface area contributed by atoms with Gasteiger partial charge >= 0.3 is 6.03 Å². The van der Waals surface area contributed by atoms with Gasteiger partial charge in [-0.05, 0) is 32.3 Å². The van der Waals surface area contributed by atoms with Gasteiger partial charge in [0.05, 0.1) is 5.39 Å². The highest BCUT2D eigenvalue weighted by molar-refractivity contribution is 7.99. The van der Waals surface area contributed by atoms with Crippen molar-refractivity contribution in [2.75, 3.05) is 5.75 Å². The van der Waals surface area contributed by atoms with Gasteiger partial charge in [-0.3, -0.25) is 19.5 Å². The third-order valence-electron chi connectivity index (χ3n) is 4.72. The van der Waals surface area contributed by atoms with Crippen LogP contribution >= 0.6 is 23.1 Å². The summed E-state index contributed by atoms with van der Waals surface area (Å²) in [6, 6.07) is -0.687. The molecule has 2 aromatic heterocycles. The van der Waals surface area contributed by atoms with E-state index in [1.54, 1.807) is 0 Å². The first kappa shape index (κ1) is 18.9. The second-order valence-corrected chi connectivity index (χ2v) is 8.75. The zero-order valence-electron chi connectivity index (χ0n) is 14.8. The van der Waals surface area contributed by atoms with Crippen LogP contribution in [0.4, 0.5) is 4.79 Å². The van der Waals surface area contributed by atoms with Gasteiger partial charge in [-0.15, -0.1) is 11.3 Å². The van der Waals surface area contributed by atoms with E-state index >= 15 is 0 Å². The van der Waals surface area contributed by atoms with Crippen LogP contribution < -0.4 is 16.6 Å². The van der Waals surface area contributed by atoms with E-state index in [1.165, 1.54) is 23.1 Å². The summed E-state index contributed by atoms with van der Waals surface area (Å²) in [7, 11) is 0. The Labute approximate surface area is 159 Å². The molecule has 1 saturated carbocycles. The molecular weight excluding hydrogens is 372 g/mol. The standard InChI is InChI=1S/C17H22N4O3S2/c1-9-10(2)26-14-13(9)15(23)21(11-5-3-4-6-11)17(20-14)25-8-7-12(22)19-16(18)24/h11H,3-8H2,1-2H3,(H3,18,19,22,24). The largest absolute Gasteiger partial charge is 0.351 e. The Kier molecular flexibility index (Phi) is 5.67. The second kappa shape index (κ2) is 7.79. The monoisotopic (exact) mass is 394 g/mol. The molecule has 1 fully saturated rings. The highest BCUT2D eigenvalue weighted by atomic mass is 32.2. The molecule has 3 amide bonds. The van der Waals surface area contributed by atoms with E-state index in [1.807, 2.05) is 18.4 Å². The third-order valence-corrected chi connectivity index (χ3v) is 6.77. The zero-order valence-corrected chi connectivity index (χ0v) is 16.5. The number of aryl methyl sites for hydroxylation is 2. The Hall–Kier alpha value is -1.87. The number of hydrogen-bond donors (Lipinski definition) is 2. The van der Waals surface area contributed by atoms with Crippen molar-refractivity contribution in [2.24, 2.45) is 5.73 Å². The highest BCUT2D eigenvalue weighted by Crippen LogP contribution is 2.34. The highest BCUT2D eigenvalue weighted by Gasteiger charge is 2.24. The lowest BCUT2D eigenvalue weighted by atomic mass is 10.2. The van der Waals surface area contributed by atoms with Gasteiger partial charge in [0.25, 0.3) is 5.56 Å². The number of urea groups is 1. The molecular formula is C17H22N4O3S2. The van der Waals surface area contributed by atoms with Crippen molar-refractivity contribution in [1.29, 1.82) is 0 Å². The molecule has 0 aromatic carbocycles. The van der Waals surface area contributed by atoms with Gasteiger partial charge in [-0.1, -0.05) is 24.6 Å². The number of carbonyl (C=O) groups excluding carboxylic acids is 2. The number of thioether (sulfide) groups is 1. The molecule has 140 valence electrons. The summed E-state index contributed by atoms with van der Waals surface area (Å²) in [5.41, 5.74) is 5.97. The molecule has 0 atom stereocenters. The van der Waals surface area contributed by atoms with E-state index in [4.69, 9.17) is 10.7 Å². The lowest BCUT2D eigenvalue weighted by Gasteiger charge is -2.18. The number of hydrogen-bond acceptors (Lipinski definition) is 6. The summed E-state index contributed by atoms with van der Waals surface area (Å²) in [6.45, 7) is 3.97. The van der Waals surface area contributed by atoms with Gasteiger partial charge in [-0.2, -0.15) is 0 Å². The van der Waals surface area contributed by atoms with Gasteiger partial charge in [0.2, 0.25) is 5.91 Å². The molecule has 2 aromatic rings. The molecule has 0 unspecified atom stereocenters. The fourth-order valence-corrected chi connectivity index (χ4v) is 5.38. The molecule has 3 N–H and O–H groups in total. The fraction of sp³-hybridized carbons (Fsp3) is 0.529. The van der Waals surface area contributed by atoms with E-state index in [2.05, 4.69) is 5.32 Å². The van der Waals surface area contributed by atoms with Crippen LogP contribution in [-0.4, -0.2) is 27.2 Å². The third kappa shape index (κ3) is 3.78. The molecule has 0 aliphatic heterocycles. The maximum atomic E-state index is 13.2. The van der Waals surface area contributed by atoms with Crippen molar-refractivity contribution in [3.05, 3.63) is 20.8 Å². The number of amides is 3. The number of rotatable bonds is 5. The number of thiophene rings is 1. The SMILES string of the molecule is Cc1sc2nc(SCCC(=O)NC(N)=O)n(C3CCCC3)c(=O)c2c1C. The summed E-state index contributed by atoms with van der Waals surface area (Å²) in [4.78, 5) is 42.1. The number of aromatic nitrogens is 2. The second-order valence-electron chi connectivity index (χ2n) is 6.48. The Morgan fingerprint density at radius 3 is 2.69 bits per heavy atom. The molecule has 3 rings (SSSR count). The van der Waals surface area contributed by atoms with Crippen LogP contribution in [0, 0.1) is 13.8 Å². The summed E-state index contributed by atoms with van der Waals surface area (Å²) in [5, 5.41) is 3.42. The quantitative estimate of drug-likeness (QED) is 0.599. The van der Waals surface area contributed by atoms with Crippen LogP contribution in [-0.2, 0) is 4.79 Å². The van der Waals surface area contributed by atoms with Crippen molar-refractivity contribution in [3.8, 4) is 0 Å². The van der Waals surface area contributed by atoms with Gasteiger partial charge in [-0.25, -0.2) is 9.78 Å². The lowest BCUT2D eigenvalue weighted by molar-refractivity contribution is -0.119. The maximum absolute atomic E-state index is 13.2. The minimum atomic E-state index is -0.855. The number of primary amides is 1. The van der Waals surface area contributed by atoms with E-state index in [9.17, 15) is 14.4 Å². The summed E-state index contributed by atoms with van der Waals surface area (Å²) >= 11 is 2.91. The Morgan fingerprint density at radius 2 is 2.04 bits per heavy atom. The Bertz CT molecular complexity index is 913. The molecule has 26 heavy (non-hydrogen) atoms. The molecule has 2 heterocycles. The molecule has 0 bridgehead atoms. The van der Waals surface area contributed by atoms with E-state index in [-0.39, 0.29) is 18.0 Å². The predicted octanol–water partition coefficient (Wildman–Crippen LogP) is 2.87. The molecule has 7 nitrogen and oxygen atoms in total. The molecule has 0 spiro atoms. The van der Waals surface area contributed by atoms with Crippen LogP contribution in [0.15, 0.2) is 9.95 Å². The van der Waals surface area contributed by atoms with Gasteiger partial charge in [0, 0.05) is 23.1 Å². The first-order valence-electron chi connectivity index (χ1n) is 8.62. The summed E-state index contributed by atoms with van der Waals surface area (Å²) in [5.74, 6) is -0.00344. The number of nitrogens with two attached hydrogens (primary N) is 1. The first-order chi connectivity index (χ1) is 12.4. The molecule has 0 radical (unpaired) electrons. The minimum Gasteiger partial charge on any atom is -0.351 e. The van der Waals surface area contributed by atoms with E-state index in [0.29, 0.717) is 10.9 Å². The topological polar surface area (TPSA) is 107 Å². The number of imide groups is 1. The number of carbonyl (C=O) groups is 2. The average Bonchev–Trinajstić information content (AvgIpc) is 3.16. The van der Waals surface area contributed by atoms with Crippen LogP contribution in [0.3, 0.4) is 0 Å². The van der Waals surface area contributed by atoms with Crippen molar-refractivity contribution < 1.29 is 9.59 Å². The average molecular weight is 395 g/mol. The number of nitrogens with one attached hydrogen (secondary N) is 1. The van der Waals surface area contributed by atoms with E-state index < -0.39 is 11.9 Å². The van der Waals surface area contributed by atoms with Crippen molar-refractivity contribution >= 4 is 45.3 Å². The molecule has 1 aliphatic rings. The minimum absolute atomic E-state index is 0.0211. The van der Waals surface area contributed by atoms with Gasteiger partial charge in [0.15, 0.2) is 5.16 Å². The van der Waals surface area contributed by atoms with Crippen LogP contribution in [0.5, 0.6) is 0 Å². The van der Waals surface area contributed by atoms with Crippen LogP contribution in [0.1, 0.15) is 48.6 Å². The zero-order chi connectivity index (χ0) is 18.8. The number of nitrogens with zero attached hydrogens (tertiary/aromatic N) is 2. The normalized spacial score (nSPS) is 14.8. The summed E-state index contributed by atoms with van der Waals surface area (Å²) in [6.07, 6.45) is 4.31. The van der Waals surface area contributed by atoms with Gasteiger partial charge < -0.3 is 5.73 Å². The first-order valence-corrected chi connectivity index (χ1v) is 10.4. The van der Waals surface area contributed by atoms with Gasteiger partial charge in [0.1, 0.15) is 4.83 Å². The molecule has 9 heteroatoms. The predicted molar refractivity (Wildman–Crippen MR) is 104 cm³/mol. The Morgan fingerprint density at radius 1 is 1.35 bits per heavy atom. The van der Waals surface area contributed by atoms with Crippen molar-refractivity contribution in [2.45, 2.75) is 57.1 Å². The van der Waals surface area contributed by atoms with Crippen molar-refractivity contribution in [3.63, 3.8) is 0 Å². The van der Waals surface area contributed by atoms with E-state index in [0.717, 1.165) is 46.3 Å². The maximum Gasteiger partial charge on any atom is 0.318 e. The summed E-state index contributed by atoms with van der Waals surface area (Å²) < 4.78 is 1.82. The Balaban J connectivity index is 1.92. The molecule has 1 aliphatic carbocycles. The lowest BCUT2D eigenvalue weighted by Crippen LogP contribution is -2.35. The van der Waals surface area contributed by atoms with Crippen LogP contribution in [0.2, 0.25) is 0 Å². The number of fused-ring (bicyclic) bond motifs is 1.